The Labute approximate surface area is 766 Å². The van der Waals surface area contributed by atoms with Crippen molar-refractivity contribution in [3.8, 4) is 0 Å². The Balaban J connectivity index is 0.000000109. The molecular weight excluding hydrogens is 1630 g/mol. The molecule has 0 amide bonds. The summed E-state index contributed by atoms with van der Waals surface area (Å²) < 4.78 is 0. The third-order valence-corrected chi connectivity index (χ3v) is 62.9. The van der Waals surface area contributed by atoms with E-state index in [-0.39, 0.29) is 47.2 Å². The molecule has 9 heteroatoms. The summed E-state index contributed by atoms with van der Waals surface area (Å²) in [5, 5.41) is 9.21. The van der Waals surface area contributed by atoms with Gasteiger partial charge in [-0.05, 0) is 249 Å². The topological polar surface area (TPSA) is 17.1 Å². The molecule has 0 spiro atoms. The van der Waals surface area contributed by atoms with Crippen molar-refractivity contribution in [2.45, 2.75) is 444 Å². The first kappa shape index (κ1) is 96.0. The van der Waals surface area contributed by atoms with Crippen LogP contribution < -0.4 is 0 Å². The molecule has 0 radical (unpaired) electrons. The third-order valence-electron chi connectivity index (χ3n) is 35.0. The number of Topliss-reactive ketones (excluding diaryl/α,β-unsaturated/α-hetero) is 1. The number of carbonyl (C=O) groups excluding carboxylic acids is 1. The van der Waals surface area contributed by atoms with Crippen LogP contribution in [-0.4, -0.2) is 94.4 Å². The van der Waals surface area contributed by atoms with Gasteiger partial charge in [-0.25, -0.2) is 0 Å². The average molecular weight is 1800 g/mol. The number of allylic oxidation sites excluding steroid dienone is 12. The summed E-state index contributed by atoms with van der Waals surface area (Å²) in [4.78, 5) is 11.9. The first-order valence-corrected chi connectivity index (χ1v) is 59.4. The quantitative estimate of drug-likeness (QED) is 0.147. The predicted octanol–water partition coefficient (Wildman–Crippen LogP) is 35.1. The Morgan fingerprint density at radius 2 is 0.659 bits per heavy atom. The second-order valence-electron chi connectivity index (χ2n) is 50.4. The first-order valence-electron chi connectivity index (χ1n) is 49.5. The standard InChI is InChI=1S/C18H19P.C18H17P.C14H27OP.C14H27P.C14H23P.C14H21P.C12H23P.C10H13P/c2*1-3-7-15(8-4-1)17-11-13-18(19-17,14-12-17)16-9-5-2-6-10-16;1-12(2,3)16-13(4,5)9-8-11(15)10-14(16,6)7;3*1-12(2,3)15-13(4)8-6-7-9-14(15,5)11-10-13;1-12(2,3)13-10-6-4-7-11(13)9-5-8-10;1-9-5-3-4-7(5)10(2,11-9)8(4)6(3)9/h1-10,19H,11-14H2;1-11,13,19H,12,14H2;8-10H2,1-7H3;6-11H2,1-5H3;6-9H,10-11H2,1-5H3;6-11H,1-5H3;10-11H,4-9H2,1-3H3;3-8,11H,1-2H3. The fraction of sp³-hybridized carbons (Fsp3) is 0.675. The van der Waals surface area contributed by atoms with E-state index >= 15 is 0 Å². The van der Waals surface area contributed by atoms with Gasteiger partial charge in [0.15, 0.2) is 0 Å². The molecule has 13 atom stereocenters. The van der Waals surface area contributed by atoms with Crippen molar-refractivity contribution in [2.75, 3.05) is 0 Å². The van der Waals surface area contributed by atoms with Crippen molar-refractivity contribution in [3.63, 3.8) is 0 Å². The zero-order chi connectivity index (χ0) is 88.9. The van der Waals surface area contributed by atoms with E-state index in [1.807, 2.05) is 0 Å². The normalized spacial score (nSPS) is 43.7. The molecule has 4 aromatic rings. The maximum Gasteiger partial charge on any atom is 0.133 e. The summed E-state index contributed by atoms with van der Waals surface area (Å²) in [7, 11) is 3.64. The molecule has 4 saturated carbocycles. The molecule has 672 valence electrons. The summed E-state index contributed by atoms with van der Waals surface area (Å²) in [6.45, 7) is 65.8. The van der Waals surface area contributed by atoms with E-state index < -0.39 is 0 Å². The zero-order valence-electron chi connectivity index (χ0n) is 82.5. The van der Waals surface area contributed by atoms with Gasteiger partial charge in [-0.2, -0.15) is 0 Å². The molecule has 4 aromatic carbocycles. The van der Waals surface area contributed by atoms with Crippen molar-refractivity contribution >= 4 is 71.1 Å². The lowest BCUT2D eigenvalue weighted by molar-refractivity contribution is -0.385. The molecule has 19 aliphatic rings. The minimum absolute atomic E-state index is 0.0116. The van der Waals surface area contributed by atoms with Crippen molar-refractivity contribution in [1.29, 1.82) is 0 Å². The highest BCUT2D eigenvalue weighted by atomic mass is 31.1. The van der Waals surface area contributed by atoms with Crippen LogP contribution in [0.1, 0.15) is 357 Å². The van der Waals surface area contributed by atoms with Crippen LogP contribution in [0, 0.1) is 35.5 Å². The van der Waals surface area contributed by atoms with E-state index in [0.29, 0.717) is 85.9 Å². The number of rotatable bonds is 4. The molecule has 123 heavy (non-hydrogen) atoms. The molecule has 15 heterocycles. The lowest BCUT2D eigenvalue weighted by atomic mass is 9.15. The molecule has 0 N–H and O–H groups in total. The molecule has 15 fully saturated rings. The van der Waals surface area contributed by atoms with E-state index in [1.165, 1.54) is 158 Å². The van der Waals surface area contributed by atoms with Gasteiger partial charge in [-0.3, -0.25) is 4.79 Å². The van der Waals surface area contributed by atoms with Crippen molar-refractivity contribution in [3.05, 3.63) is 216 Å². The number of carbonyl (C=O) groups is 1. The largest absolute Gasteiger partial charge is 0.300 e. The van der Waals surface area contributed by atoms with Crippen LogP contribution in [0.15, 0.2) is 194 Å². The second-order valence-corrected chi connectivity index (χ2v) is 77.2. The van der Waals surface area contributed by atoms with Crippen molar-refractivity contribution in [1.82, 2.24) is 0 Å². The van der Waals surface area contributed by atoms with Gasteiger partial charge < -0.3 is 0 Å². The van der Waals surface area contributed by atoms with E-state index in [4.69, 9.17) is 0 Å². The van der Waals surface area contributed by atoms with E-state index in [9.17, 15) is 4.79 Å². The van der Waals surface area contributed by atoms with Crippen LogP contribution >= 0.6 is 65.4 Å². The monoisotopic (exact) mass is 1800 g/mol. The molecule has 23 rings (SSSR count). The van der Waals surface area contributed by atoms with Crippen LogP contribution in [0.4, 0.5) is 0 Å². The van der Waals surface area contributed by atoms with Crippen molar-refractivity contribution in [2.24, 2.45) is 35.5 Å². The summed E-state index contributed by atoms with van der Waals surface area (Å²) >= 11 is 0. The van der Waals surface area contributed by atoms with Crippen LogP contribution in [0.5, 0.6) is 0 Å². The lowest BCUT2D eigenvalue weighted by Gasteiger charge is -2.89. The van der Waals surface area contributed by atoms with Gasteiger partial charge >= 0.3 is 0 Å². The number of benzene rings is 4. The smallest absolute Gasteiger partial charge is 0.133 e. The Morgan fingerprint density at radius 3 is 0.984 bits per heavy atom. The highest BCUT2D eigenvalue weighted by molar-refractivity contribution is 7.64. The minimum Gasteiger partial charge on any atom is -0.300 e. The van der Waals surface area contributed by atoms with Crippen LogP contribution in [-0.2, 0) is 25.4 Å². The first-order chi connectivity index (χ1) is 57.3. The SMILES string of the molecule is C1=CC2(c3ccccc3)CCC1(c1ccccc1)P2.CC(C)(C)P1C(C)(C)CCC(=O)CC1(C)C.CC(C)(C)P1C2(C)C=CC=CC1(C)C=C2.CC(C)(C)P1C2(C)C=CC=CC1(C)CC2.CC(C)(C)P1C2(C)CCCCC1(C)CC2.CC(C)(C)P1C2CCCC1CCC2.CC12PC3(C)C4C5C(C41)C2C53.c1ccc(C23CCC(c4ccccc4)(CC2)P3)cc1. The van der Waals surface area contributed by atoms with Gasteiger partial charge in [0.1, 0.15) is 5.78 Å². The van der Waals surface area contributed by atoms with Crippen LogP contribution in [0.25, 0.3) is 0 Å². The number of ketones is 1. The second kappa shape index (κ2) is 34.1. The summed E-state index contributed by atoms with van der Waals surface area (Å²) in [5.74, 6) is 7.98. The van der Waals surface area contributed by atoms with Crippen molar-refractivity contribution < 1.29 is 4.79 Å². The fourth-order valence-electron chi connectivity index (χ4n) is 32.6. The summed E-state index contributed by atoms with van der Waals surface area (Å²) in [6, 6.07) is 44.6. The van der Waals surface area contributed by atoms with E-state index in [1.54, 1.807) is 36.8 Å². The molecule has 11 saturated heterocycles. The van der Waals surface area contributed by atoms with Crippen LogP contribution in [0.3, 0.4) is 0 Å². The average Bonchev–Trinajstić information content (AvgIpc) is 1.40. The van der Waals surface area contributed by atoms with E-state index in [0.717, 1.165) is 58.1 Å². The third kappa shape index (κ3) is 17.6. The molecule has 4 aliphatic carbocycles. The highest BCUT2D eigenvalue weighted by Crippen LogP contribution is 3.03. The predicted molar refractivity (Wildman–Crippen MR) is 561 cm³/mol. The van der Waals surface area contributed by atoms with Gasteiger partial charge in [-0.15, -0.1) is 8.58 Å². The Kier molecular flexibility index (Phi) is 26.6. The molecule has 14 bridgehead atoms. The molecule has 1 nitrogen and oxygen atoms in total. The van der Waals surface area contributed by atoms with Crippen LogP contribution in [0.2, 0.25) is 0 Å². The summed E-state index contributed by atoms with van der Waals surface area (Å²) in [6.07, 6.45) is 60.2. The number of hydrogen-bond donors (Lipinski definition) is 0. The molecule has 15 aliphatic heterocycles. The molecule has 13 unspecified atom stereocenters. The maximum atomic E-state index is 11.9. The Bertz CT molecular complexity index is 4310. The molecular formula is C114H170OP8. The number of hydrogen-bond acceptors (Lipinski definition) is 1. The van der Waals surface area contributed by atoms with Gasteiger partial charge in [0, 0.05) is 54.1 Å². The Hall–Kier alpha value is -1.57. The van der Waals surface area contributed by atoms with Gasteiger partial charge in [-0.1, -0.05) is 450 Å². The van der Waals surface area contributed by atoms with Gasteiger partial charge in [0.2, 0.25) is 0 Å². The van der Waals surface area contributed by atoms with Gasteiger partial charge in [0.25, 0.3) is 0 Å². The Morgan fingerprint density at radius 1 is 0.309 bits per heavy atom. The highest BCUT2D eigenvalue weighted by Gasteiger charge is 2.98. The fourth-order valence-corrected chi connectivity index (χ4v) is 67.4. The summed E-state index contributed by atoms with van der Waals surface area (Å²) in [5.41, 5.74) is 8.46. The number of fused-ring (bicyclic) bond motifs is 12. The molecule has 0 aromatic heterocycles. The maximum absolute atomic E-state index is 11.9. The van der Waals surface area contributed by atoms with E-state index in [2.05, 4.69) is 381 Å². The van der Waals surface area contributed by atoms with Gasteiger partial charge in [0.05, 0.1) is 0 Å². The minimum atomic E-state index is -0.173. The lowest BCUT2D eigenvalue weighted by Crippen LogP contribution is -2.90. The zero-order valence-corrected chi connectivity index (χ0v) is 90.0.